The number of methoxy groups -OCH3 is 2. The summed E-state index contributed by atoms with van der Waals surface area (Å²) in [5, 5.41) is 36.0. The van der Waals surface area contributed by atoms with Crippen molar-refractivity contribution in [3.8, 4) is 11.5 Å². The molecule has 7 rings (SSSR count). The summed E-state index contributed by atoms with van der Waals surface area (Å²) >= 11 is 0. The first kappa shape index (κ1) is 32.4. The van der Waals surface area contributed by atoms with Crippen molar-refractivity contribution < 1.29 is 29.5 Å². The van der Waals surface area contributed by atoms with Crippen LogP contribution < -0.4 is 15.2 Å². The Morgan fingerprint density at radius 1 is 0.854 bits per heavy atom. The molecule has 2 fully saturated rings. The molecule has 11 nitrogen and oxygen atoms in total. The highest BCUT2D eigenvalue weighted by Gasteiger charge is 2.58. The van der Waals surface area contributed by atoms with Crippen LogP contribution >= 0.6 is 0 Å². The molecule has 0 amide bonds. The van der Waals surface area contributed by atoms with Gasteiger partial charge >= 0.3 is 0 Å². The third kappa shape index (κ3) is 5.21. The lowest BCUT2D eigenvalue weighted by molar-refractivity contribution is -0.106. The van der Waals surface area contributed by atoms with E-state index in [2.05, 4.69) is 9.98 Å². The Morgan fingerprint density at radius 2 is 1.44 bits per heavy atom. The Labute approximate surface area is 280 Å². The molecule has 6 atom stereocenters. The van der Waals surface area contributed by atoms with Gasteiger partial charge < -0.3 is 40.2 Å². The number of benzene rings is 3. The number of rotatable bonds is 9. The van der Waals surface area contributed by atoms with Gasteiger partial charge in [0, 0.05) is 5.92 Å². The molecule has 3 aromatic rings. The zero-order valence-electron chi connectivity index (χ0n) is 27.2. The maximum absolute atomic E-state index is 12.7. The van der Waals surface area contributed by atoms with Gasteiger partial charge in [0.15, 0.2) is 17.7 Å². The lowest BCUT2D eigenvalue weighted by Gasteiger charge is -2.43. The summed E-state index contributed by atoms with van der Waals surface area (Å²) in [5.74, 6) is 1.91. The highest BCUT2D eigenvalue weighted by atomic mass is 16.6. The molecule has 48 heavy (non-hydrogen) atoms. The quantitative estimate of drug-likeness (QED) is 0.257. The first-order valence-corrected chi connectivity index (χ1v) is 16.6. The van der Waals surface area contributed by atoms with Crippen LogP contribution in [-0.2, 0) is 10.2 Å². The number of aliphatic hydroxyl groups is 3. The van der Waals surface area contributed by atoms with Crippen LogP contribution in [0.3, 0.4) is 0 Å². The Morgan fingerprint density at radius 3 is 2.02 bits per heavy atom. The summed E-state index contributed by atoms with van der Waals surface area (Å²) in [6.45, 7) is 0.126. The van der Waals surface area contributed by atoms with Gasteiger partial charge in [-0.1, -0.05) is 73.9 Å². The molecule has 2 unspecified atom stereocenters. The molecule has 252 valence electrons. The molecule has 1 saturated carbocycles. The van der Waals surface area contributed by atoms with E-state index in [4.69, 9.17) is 24.9 Å². The van der Waals surface area contributed by atoms with E-state index in [0.717, 1.165) is 42.4 Å². The lowest BCUT2D eigenvalue weighted by atomic mass is 9.64. The molecule has 0 radical (unpaired) electrons. The minimum absolute atomic E-state index is 0.126. The molecule has 11 heteroatoms. The largest absolute Gasteiger partial charge is 0.497 e. The van der Waals surface area contributed by atoms with E-state index in [-0.39, 0.29) is 12.6 Å². The van der Waals surface area contributed by atoms with E-state index in [1.165, 1.54) is 12.8 Å². The van der Waals surface area contributed by atoms with E-state index in [0.29, 0.717) is 23.0 Å². The second kappa shape index (κ2) is 13.1. The third-order valence-electron chi connectivity index (χ3n) is 10.6. The highest BCUT2D eigenvalue weighted by Crippen LogP contribution is 2.47. The minimum atomic E-state index is -1.45. The first-order valence-electron chi connectivity index (χ1n) is 16.6. The highest BCUT2D eigenvalue weighted by molar-refractivity contribution is 6.47. The molecule has 0 spiro atoms. The molecule has 3 aliphatic heterocycles. The molecular weight excluding hydrogens is 610 g/mol. The average Bonchev–Trinajstić information content (AvgIpc) is 3.70. The number of nitrogens with zero attached hydrogens (tertiary/aromatic N) is 4. The third-order valence-corrected chi connectivity index (χ3v) is 10.6. The summed E-state index contributed by atoms with van der Waals surface area (Å²) in [6, 6.07) is 24.6. The fraction of sp³-hybridized carbons (Fsp3) is 0.432. The summed E-state index contributed by atoms with van der Waals surface area (Å²) in [6.07, 6.45) is 0.229. The van der Waals surface area contributed by atoms with Gasteiger partial charge in [0.25, 0.3) is 0 Å². The van der Waals surface area contributed by atoms with E-state index >= 15 is 0 Å². The second-order valence-corrected chi connectivity index (χ2v) is 13.0. The number of amidine groups is 1. The maximum atomic E-state index is 12.7. The molecule has 3 heterocycles. The molecule has 3 aromatic carbocycles. The van der Waals surface area contributed by atoms with Crippen molar-refractivity contribution in [1.82, 2.24) is 4.90 Å². The number of fused-ring (bicyclic) bond motifs is 1. The second-order valence-electron chi connectivity index (χ2n) is 13.0. The van der Waals surface area contributed by atoms with E-state index in [1.54, 1.807) is 19.1 Å². The molecule has 0 bridgehead atoms. The normalized spacial score (nSPS) is 28.1. The predicted molar refractivity (Wildman–Crippen MR) is 183 cm³/mol. The standard InChI is InChI=1S/C37H43N5O6/c1-46-27-17-13-24(14-18-27)36(23-9-5-3-6-10-23,25-15-19-28(47-2)20-16-25)33(45)31-29(43)30(44)35(48-31)42-22-40-32-34(42)39-21-41-37(32,38)26-11-7-4-8-12-26/h3,5-6,9-10,13-21,26,29-31,33,35,43-45H,4,7-8,11-12,22,38H2,1-2H3/t29-,30+,31-,33?,35+,37?/m0/s1. The number of hydrogen-bond donors (Lipinski definition) is 4. The fourth-order valence-electron chi connectivity index (χ4n) is 8.02. The van der Waals surface area contributed by atoms with Crippen molar-refractivity contribution in [3.63, 3.8) is 0 Å². The monoisotopic (exact) mass is 653 g/mol. The molecule has 1 saturated heterocycles. The molecule has 0 aromatic heterocycles. The first-order chi connectivity index (χ1) is 23.3. The summed E-state index contributed by atoms with van der Waals surface area (Å²) in [4.78, 5) is 15.7. The van der Waals surface area contributed by atoms with Gasteiger partial charge in [0.2, 0.25) is 0 Å². The van der Waals surface area contributed by atoms with Crippen molar-refractivity contribution in [2.75, 3.05) is 20.9 Å². The molecule has 5 N–H and O–H groups in total. The number of hydrogen-bond acceptors (Lipinski definition) is 11. The molecule has 4 aliphatic rings. The van der Waals surface area contributed by atoms with Gasteiger partial charge in [-0.15, -0.1) is 0 Å². The summed E-state index contributed by atoms with van der Waals surface area (Å²) < 4.78 is 17.5. The minimum Gasteiger partial charge on any atom is -0.497 e. The van der Waals surface area contributed by atoms with Gasteiger partial charge in [0.1, 0.15) is 54.6 Å². The fourth-order valence-corrected chi connectivity index (χ4v) is 8.02. The van der Waals surface area contributed by atoms with Crippen LogP contribution in [0.4, 0.5) is 0 Å². The van der Waals surface area contributed by atoms with Crippen LogP contribution in [0, 0.1) is 5.92 Å². The van der Waals surface area contributed by atoms with E-state index in [1.807, 2.05) is 78.9 Å². The van der Waals surface area contributed by atoms with Crippen LogP contribution in [-0.4, -0.2) is 95.3 Å². The van der Waals surface area contributed by atoms with Gasteiger partial charge in [-0.25, -0.2) is 9.98 Å². The van der Waals surface area contributed by atoms with E-state index in [9.17, 15) is 15.3 Å². The van der Waals surface area contributed by atoms with Crippen molar-refractivity contribution >= 4 is 17.9 Å². The number of ether oxygens (including phenoxy) is 3. The Hall–Kier alpha value is -4.13. The lowest BCUT2D eigenvalue weighted by Crippen LogP contribution is -2.59. The summed E-state index contributed by atoms with van der Waals surface area (Å²) in [7, 11) is 3.20. The molecular formula is C37H43N5O6. The Balaban J connectivity index is 1.27. The van der Waals surface area contributed by atoms with Crippen LogP contribution in [0.15, 0.2) is 93.8 Å². The van der Waals surface area contributed by atoms with Crippen LogP contribution in [0.1, 0.15) is 48.8 Å². The number of aliphatic hydroxyl groups excluding tert-OH is 3. The van der Waals surface area contributed by atoms with Gasteiger partial charge in [-0.3, -0.25) is 4.99 Å². The Kier molecular flexibility index (Phi) is 8.82. The van der Waals surface area contributed by atoms with Gasteiger partial charge in [-0.2, -0.15) is 0 Å². The van der Waals surface area contributed by atoms with Crippen LogP contribution in [0.5, 0.6) is 11.5 Å². The SMILES string of the molecule is COc1ccc(C(c2ccccc2)(c2ccc(OC)cc2)C(O)[C@H]2O[C@@H](N3CN=C4C3=NC=NC4(N)C3CCCCC3)[C@H](O)[C@@H]2O)cc1. The van der Waals surface area contributed by atoms with Gasteiger partial charge in [-0.05, 0) is 53.8 Å². The number of aliphatic imine (C=N–C) groups is 3. The Bertz CT molecular complexity index is 1630. The maximum Gasteiger partial charge on any atom is 0.162 e. The van der Waals surface area contributed by atoms with Crippen molar-refractivity contribution in [2.24, 2.45) is 26.6 Å². The van der Waals surface area contributed by atoms with Crippen LogP contribution in [0.25, 0.3) is 0 Å². The molecule has 1 aliphatic carbocycles. The summed E-state index contributed by atoms with van der Waals surface area (Å²) in [5.41, 5.74) is 7.50. The smallest absolute Gasteiger partial charge is 0.162 e. The number of nitrogens with two attached hydrogens (primary N) is 1. The van der Waals surface area contributed by atoms with Crippen molar-refractivity contribution in [1.29, 1.82) is 0 Å². The zero-order valence-corrected chi connectivity index (χ0v) is 27.2. The van der Waals surface area contributed by atoms with Crippen LogP contribution in [0.2, 0.25) is 0 Å². The average molecular weight is 654 g/mol. The van der Waals surface area contributed by atoms with Crippen molar-refractivity contribution in [3.05, 3.63) is 95.6 Å². The predicted octanol–water partition coefficient (Wildman–Crippen LogP) is 3.24. The van der Waals surface area contributed by atoms with Gasteiger partial charge in [0.05, 0.1) is 19.6 Å². The van der Waals surface area contributed by atoms with E-state index < -0.39 is 41.7 Å². The topological polar surface area (TPSA) is 155 Å². The van der Waals surface area contributed by atoms with Crippen molar-refractivity contribution in [2.45, 2.75) is 73.8 Å². The zero-order chi connectivity index (χ0) is 33.5.